The summed E-state index contributed by atoms with van der Waals surface area (Å²) in [7, 11) is 1.50. The lowest BCUT2D eigenvalue weighted by atomic mass is 9.80. The second kappa shape index (κ2) is 6.29. The van der Waals surface area contributed by atoms with Gasteiger partial charge in [0.1, 0.15) is 5.41 Å². The molecule has 0 unspecified atom stereocenters. The number of fused-ring (bicyclic) bond motifs is 1. The van der Waals surface area contributed by atoms with Gasteiger partial charge in [-0.25, -0.2) is 0 Å². The van der Waals surface area contributed by atoms with E-state index in [2.05, 4.69) is 0 Å². The van der Waals surface area contributed by atoms with Gasteiger partial charge in [-0.2, -0.15) is 0 Å². The first-order valence-corrected chi connectivity index (χ1v) is 8.43. The standard InChI is InChI=1S/C17H19NO4S/c1-22-11-17(16(20)21)6-2-7-18(10-17)15(19)13-3-4-14-12(9-13)5-8-23-14/h3-5,8-9H,2,6-7,10-11H2,1H3,(H,20,21)/t17-/m0/s1. The van der Waals surface area contributed by atoms with Crippen molar-refractivity contribution < 1.29 is 19.4 Å². The molecule has 1 N–H and O–H groups in total. The van der Waals surface area contributed by atoms with E-state index in [0.29, 0.717) is 24.9 Å². The van der Waals surface area contributed by atoms with Crippen molar-refractivity contribution >= 4 is 33.3 Å². The van der Waals surface area contributed by atoms with Crippen LogP contribution in [0.4, 0.5) is 0 Å². The molecule has 122 valence electrons. The predicted molar refractivity (Wildman–Crippen MR) is 88.9 cm³/mol. The van der Waals surface area contributed by atoms with Crippen molar-refractivity contribution in [1.82, 2.24) is 4.90 Å². The summed E-state index contributed by atoms with van der Waals surface area (Å²) in [6, 6.07) is 7.62. The van der Waals surface area contributed by atoms with Gasteiger partial charge in [-0.05, 0) is 47.9 Å². The first-order valence-electron chi connectivity index (χ1n) is 7.55. The van der Waals surface area contributed by atoms with Crippen LogP contribution < -0.4 is 0 Å². The number of ether oxygens (including phenoxy) is 1. The van der Waals surface area contributed by atoms with Crippen molar-refractivity contribution in [3.05, 3.63) is 35.2 Å². The van der Waals surface area contributed by atoms with Crippen molar-refractivity contribution in [2.75, 3.05) is 26.8 Å². The zero-order chi connectivity index (χ0) is 16.4. The van der Waals surface area contributed by atoms with Crippen LogP contribution in [0.2, 0.25) is 0 Å². The van der Waals surface area contributed by atoms with Crippen LogP contribution in [-0.2, 0) is 9.53 Å². The summed E-state index contributed by atoms with van der Waals surface area (Å²) < 4.78 is 6.25. The number of piperidine rings is 1. The van der Waals surface area contributed by atoms with Crippen molar-refractivity contribution in [3.8, 4) is 0 Å². The molecular weight excluding hydrogens is 314 g/mol. The van der Waals surface area contributed by atoms with E-state index < -0.39 is 11.4 Å². The Morgan fingerprint density at radius 2 is 2.22 bits per heavy atom. The average molecular weight is 333 g/mol. The molecule has 6 heteroatoms. The Morgan fingerprint density at radius 1 is 1.39 bits per heavy atom. The maximum atomic E-state index is 12.8. The molecular formula is C17H19NO4S. The highest BCUT2D eigenvalue weighted by Crippen LogP contribution is 2.32. The van der Waals surface area contributed by atoms with Crippen molar-refractivity contribution in [2.45, 2.75) is 12.8 Å². The van der Waals surface area contributed by atoms with Crippen molar-refractivity contribution in [1.29, 1.82) is 0 Å². The zero-order valence-corrected chi connectivity index (χ0v) is 13.8. The monoisotopic (exact) mass is 333 g/mol. The fourth-order valence-corrected chi connectivity index (χ4v) is 3.99. The first kappa shape index (κ1) is 16.0. The van der Waals surface area contributed by atoms with Crippen LogP contribution in [0.25, 0.3) is 10.1 Å². The van der Waals surface area contributed by atoms with E-state index in [1.165, 1.54) is 7.11 Å². The SMILES string of the molecule is COC[C@]1(C(=O)O)CCCN(C(=O)c2ccc3sccc3c2)C1. The lowest BCUT2D eigenvalue weighted by molar-refractivity contribution is -0.155. The van der Waals surface area contributed by atoms with Gasteiger partial charge >= 0.3 is 5.97 Å². The number of benzene rings is 1. The largest absolute Gasteiger partial charge is 0.481 e. The third-order valence-corrected chi connectivity index (χ3v) is 5.34. The van der Waals surface area contributed by atoms with Gasteiger partial charge < -0.3 is 14.7 Å². The van der Waals surface area contributed by atoms with Crippen LogP contribution in [0.15, 0.2) is 29.6 Å². The summed E-state index contributed by atoms with van der Waals surface area (Å²) in [6.45, 7) is 0.894. The molecule has 2 heterocycles. The van der Waals surface area contributed by atoms with Crippen LogP contribution in [-0.4, -0.2) is 48.7 Å². The highest BCUT2D eigenvalue weighted by atomic mass is 32.1. The summed E-state index contributed by atoms with van der Waals surface area (Å²) in [5, 5.41) is 12.6. The van der Waals surface area contributed by atoms with E-state index in [1.807, 2.05) is 29.6 Å². The molecule has 0 aliphatic carbocycles. The van der Waals surface area contributed by atoms with E-state index in [9.17, 15) is 14.7 Å². The van der Waals surface area contributed by atoms with Crippen LogP contribution in [0.5, 0.6) is 0 Å². The van der Waals surface area contributed by atoms with Gasteiger partial charge in [-0.1, -0.05) is 0 Å². The number of thiophene rings is 1. The topological polar surface area (TPSA) is 66.8 Å². The summed E-state index contributed by atoms with van der Waals surface area (Å²) in [6.07, 6.45) is 1.20. The number of nitrogens with zero attached hydrogens (tertiary/aromatic N) is 1. The number of carboxylic acid groups (broad SMARTS) is 1. The van der Waals surface area contributed by atoms with E-state index in [0.717, 1.165) is 10.1 Å². The van der Waals surface area contributed by atoms with Crippen molar-refractivity contribution in [3.63, 3.8) is 0 Å². The van der Waals surface area contributed by atoms with E-state index in [1.54, 1.807) is 16.2 Å². The number of methoxy groups -OCH3 is 1. The molecule has 1 atom stereocenters. The quantitative estimate of drug-likeness (QED) is 0.934. The van der Waals surface area contributed by atoms with Gasteiger partial charge in [0.2, 0.25) is 0 Å². The molecule has 1 saturated heterocycles. The molecule has 23 heavy (non-hydrogen) atoms. The Bertz CT molecular complexity index is 737. The smallest absolute Gasteiger partial charge is 0.313 e. The van der Waals surface area contributed by atoms with E-state index in [-0.39, 0.29) is 19.1 Å². The van der Waals surface area contributed by atoms with Crippen LogP contribution >= 0.6 is 11.3 Å². The molecule has 2 aromatic rings. The minimum atomic E-state index is -1.00. The van der Waals surface area contributed by atoms with Crippen LogP contribution in [0, 0.1) is 5.41 Å². The molecule has 5 nitrogen and oxygen atoms in total. The number of rotatable bonds is 4. The molecule has 1 amide bonds. The molecule has 1 aliphatic rings. The Hall–Kier alpha value is -1.92. The lowest BCUT2D eigenvalue weighted by Gasteiger charge is -2.39. The van der Waals surface area contributed by atoms with Gasteiger partial charge in [0.15, 0.2) is 0 Å². The van der Waals surface area contributed by atoms with Gasteiger partial charge in [-0.15, -0.1) is 11.3 Å². The first-order chi connectivity index (χ1) is 11.1. The number of aliphatic carboxylic acids is 1. The Labute approximate surface area is 138 Å². The third-order valence-electron chi connectivity index (χ3n) is 4.44. The Morgan fingerprint density at radius 3 is 2.96 bits per heavy atom. The second-order valence-electron chi connectivity index (χ2n) is 6.02. The predicted octanol–water partition coefficient (Wildman–Crippen LogP) is 2.85. The summed E-state index contributed by atoms with van der Waals surface area (Å²) in [5.41, 5.74) is -0.399. The zero-order valence-electron chi connectivity index (χ0n) is 12.9. The minimum absolute atomic E-state index is 0.112. The van der Waals surface area contributed by atoms with Crippen molar-refractivity contribution in [2.24, 2.45) is 5.41 Å². The Kier molecular flexibility index (Phi) is 4.37. The van der Waals surface area contributed by atoms with Crippen LogP contribution in [0.1, 0.15) is 23.2 Å². The van der Waals surface area contributed by atoms with Gasteiger partial charge in [0.05, 0.1) is 6.61 Å². The summed E-state index contributed by atoms with van der Waals surface area (Å²) in [4.78, 5) is 26.1. The highest BCUT2D eigenvalue weighted by Gasteiger charge is 2.44. The maximum Gasteiger partial charge on any atom is 0.313 e. The molecule has 0 bridgehead atoms. The average Bonchev–Trinajstić information content (AvgIpc) is 3.02. The van der Waals surface area contributed by atoms with E-state index >= 15 is 0 Å². The second-order valence-corrected chi connectivity index (χ2v) is 6.97. The van der Waals surface area contributed by atoms with Gasteiger partial charge in [0.25, 0.3) is 5.91 Å². The molecule has 0 radical (unpaired) electrons. The van der Waals surface area contributed by atoms with Gasteiger partial charge in [-0.3, -0.25) is 9.59 Å². The molecule has 1 fully saturated rings. The molecule has 1 aliphatic heterocycles. The number of carbonyl (C=O) groups is 2. The number of carboxylic acids is 1. The lowest BCUT2D eigenvalue weighted by Crippen LogP contribution is -2.52. The van der Waals surface area contributed by atoms with E-state index in [4.69, 9.17) is 4.74 Å². The fourth-order valence-electron chi connectivity index (χ4n) is 3.22. The number of hydrogen-bond acceptors (Lipinski definition) is 4. The normalized spacial score (nSPS) is 21.5. The number of hydrogen-bond donors (Lipinski definition) is 1. The van der Waals surface area contributed by atoms with Crippen LogP contribution in [0.3, 0.4) is 0 Å². The molecule has 3 rings (SSSR count). The molecule has 1 aromatic carbocycles. The molecule has 0 saturated carbocycles. The highest BCUT2D eigenvalue weighted by molar-refractivity contribution is 7.17. The minimum Gasteiger partial charge on any atom is -0.481 e. The summed E-state index contributed by atoms with van der Waals surface area (Å²) in [5.74, 6) is -1.01. The molecule has 0 spiro atoms. The summed E-state index contributed by atoms with van der Waals surface area (Å²) >= 11 is 1.63. The number of carbonyl (C=O) groups excluding carboxylic acids is 1. The Balaban J connectivity index is 1.84. The fraction of sp³-hybridized carbons (Fsp3) is 0.412. The molecule has 1 aromatic heterocycles. The third kappa shape index (κ3) is 2.96. The number of likely N-dealkylation sites (tertiary alicyclic amines) is 1. The maximum absolute atomic E-state index is 12.8. The van der Waals surface area contributed by atoms with Gasteiger partial charge in [0, 0.05) is 30.5 Å². The number of amides is 1.